The van der Waals surface area contributed by atoms with Crippen LogP contribution in [0.2, 0.25) is 0 Å². The largest absolute Gasteiger partial charge is 0.453 e. The Bertz CT molecular complexity index is 142. The summed E-state index contributed by atoms with van der Waals surface area (Å²) >= 11 is 0. The van der Waals surface area contributed by atoms with Crippen LogP contribution >= 0.6 is 0 Å². The molecule has 1 aliphatic rings. The molecule has 0 unspecified atom stereocenters. The molecule has 0 bridgehead atoms. The third kappa shape index (κ3) is 2.70. The van der Waals surface area contributed by atoms with Crippen LogP contribution in [-0.2, 0) is 4.74 Å². The number of nitrogens with zero attached hydrogens (tertiary/aromatic N) is 2. The molecule has 0 atom stereocenters. The lowest BCUT2D eigenvalue weighted by Crippen LogP contribution is -2.47. The Balaban J connectivity index is 0.00000121. The second kappa shape index (κ2) is 4.98. The number of amides is 1. The summed E-state index contributed by atoms with van der Waals surface area (Å²) in [6.07, 6.45) is -0.210. The standard InChI is InChI=1S/C7H14N2O2.CH4/c1-8-3-5-9(6-4-8)7(10)11-2;/h3-6H2,1-2H3;1H4. The van der Waals surface area contributed by atoms with Crippen LogP contribution in [0.3, 0.4) is 0 Å². The van der Waals surface area contributed by atoms with Crippen molar-refractivity contribution in [3.05, 3.63) is 0 Å². The molecule has 0 spiro atoms. The molecule has 1 aliphatic heterocycles. The van der Waals surface area contributed by atoms with Crippen molar-refractivity contribution in [1.29, 1.82) is 0 Å². The molecule has 1 rings (SSSR count). The molecule has 0 aliphatic carbocycles. The molecule has 0 aromatic carbocycles. The number of hydrogen-bond donors (Lipinski definition) is 0. The van der Waals surface area contributed by atoms with Crippen LogP contribution in [0, 0.1) is 0 Å². The van der Waals surface area contributed by atoms with E-state index in [0.717, 1.165) is 26.2 Å². The minimum Gasteiger partial charge on any atom is -0.453 e. The number of piperazine rings is 1. The first-order valence-electron chi connectivity index (χ1n) is 3.75. The van der Waals surface area contributed by atoms with E-state index in [9.17, 15) is 4.79 Å². The van der Waals surface area contributed by atoms with E-state index in [0.29, 0.717) is 0 Å². The number of carbonyl (C=O) groups excluding carboxylic acids is 1. The van der Waals surface area contributed by atoms with Gasteiger partial charge in [-0.05, 0) is 7.05 Å². The van der Waals surface area contributed by atoms with Gasteiger partial charge in [0.2, 0.25) is 0 Å². The molecular formula is C8H18N2O2. The number of carbonyl (C=O) groups is 1. The van der Waals surface area contributed by atoms with E-state index >= 15 is 0 Å². The number of ether oxygens (including phenoxy) is 1. The summed E-state index contributed by atoms with van der Waals surface area (Å²) in [6.45, 7) is 3.44. The quantitative estimate of drug-likeness (QED) is 0.540. The Labute approximate surface area is 74.1 Å². The average molecular weight is 174 g/mol. The van der Waals surface area contributed by atoms with Crippen LogP contribution in [0.1, 0.15) is 7.43 Å². The lowest BCUT2D eigenvalue weighted by atomic mass is 10.3. The van der Waals surface area contributed by atoms with Gasteiger partial charge >= 0.3 is 6.09 Å². The van der Waals surface area contributed by atoms with Crippen LogP contribution in [0.4, 0.5) is 4.79 Å². The Morgan fingerprint density at radius 2 is 1.75 bits per heavy atom. The van der Waals surface area contributed by atoms with Crippen molar-refractivity contribution >= 4 is 6.09 Å². The van der Waals surface area contributed by atoms with Gasteiger partial charge in [-0.2, -0.15) is 0 Å². The molecule has 0 saturated carbocycles. The fourth-order valence-electron chi connectivity index (χ4n) is 1.12. The molecule has 0 aromatic rings. The van der Waals surface area contributed by atoms with Crippen molar-refractivity contribution in [2.45, 2.75) is 7.43 Å². The lowest BCUT2D eigenvalue weighted by molar-refractivity contribution is 0.0983. The minimum absolute atomic E-state index is 0. The summed E-state index contributed by atoms with van der Waals surface area (Å²) in [5.41, 5.74) is 0. The molecule has 4 nitrogen and oxygen atoms in total. The minimum atomic E-state index is -0.210. The van der Waals surface area contributed by atoms with E-state index in [1.54, 1.807) is 4.90 Å². The van der Waals surface area contributed by atoms with E-state index in [1.807, 2.05) is 0 Å². The SMILES string of the molecule is C.COC(=O)N1CCN(C)CC1. The summed E-state index contributed by atoms with van der Waals surface area (Å²) in [5.74, 6) is 0. The Morgan fingerprint density at radius 1 is 1.25 bits per heavy atom. The molecule has 0 radical (unpaired) electrons. The van der Waals surface area contributed by atoms with E-state index in [4.69, 9.17) is 0 Å². The summed E-state index contributed by atoms with van der Waals surface area (Å²) in [6, 6.07) is 0. The van der Waals surface area contributed by atoms with Crippen molar-refractivity contribution in [3.8, 4) is 0 Å². The highest BCUT2D eigenvalue weighted by Gasteiger charge is 2.18. The van der Waals surface area contributed by atoms with Crippen LogP contribution in [0.15, 0.2) is 0 Å². The maximum atomic E-state index is 11.0. The van der Waals surface area contributed by atoms with Gasteiger partial charge in [-0.3, -0.25) is 0 Å². The van der Waals surface area contributed by atoms with Crippen molar-refractivity contribution in [2.75, 3.05) is 40.3 Å². The zero-order chi connectivity index (χ0) is 8.27. The first-order valence-corrected chi connectivity index (χ1v) is 3.75. The van der Waals surface area contributed by atoms with Gasteiger partial charge in [0, 0.05) is 26.2 Å². The summed E-state index contributed by atoms with van der Waals surface area (Å²) in [4.78, 5) is 14.9. The highest BCUT2D eigenvalue weighted by atomic mass is 16.5. The summed E-state index contributed by atoms with van der Waals surface area (Å²) < 4.78 is 4.59. The van der Waals surface area contributed by atoms with Gasteiger partial charge in [0.05, 0.1) is 7.11 Å². The van der Waals surface area contributed by atoms with E-state index in [1.165, 1.54) is 7.11 Å². The van der Waals surface area contributed by atoms with Crippen LogP contribution in [0.25, 0.3) is 0 Å². The fraction of sp³-hybridized carbons (Fsp3) is 0.875. The molecule has 12 heavy (non-hydrogen) atoms. The molecule has 1 fully saturated rings. The molecule has 1 heterocycles. The first kappa shape index (κ1) is 11.2. The third-order valence-corrected chi connectivity index (χ3v) is 1.94. The number of likely N-dealkylation sites (N-methyl/N-ethyl adjacent to an activating group) is 1. The number of hydrogen-bond acceptors (Lipinski definition) is 3. The topological polar surface area (TPSA) is 32.8 Å². The van der Waals surface area contributed by atoms with Crippen molar-refractivity contribution < 1.29 is 9.53 Å². The lowest BCUT2D eigenvalue weighted by Gasteiger charge is -2.31. The second-order valence-corrected chi connectivity index (χ2v) is 2.76. The van der Waals surface area contributed by atoms with E-state index in [-0.39, 0.29) is 13.5 Å². The molecule has 4 heteroatoms. The predicted octanol–water partition coefficient (Wildman–Crippen LogP) is 0.636. The molecule has 1 saturated heterocycles. The summed E-state index contributed by atoms with van der Waals surface area (Å²) in [7, 11) is 3.47. The zero-order valence-electron chi connectivity index (χ0n) is 7.04. The Hall–Kier alpha value is -0.770. The monoisotopic (exact) mass is 174 g/mol. The van der Waals surface area contributed by atoms with Gasteiger partial charge in [-0.25, -0.2) is 4.79 Å². The van der Waals surface area contributed by atoms with Gasteiger partial charge in [-0.1, -0.05) is 7.43 Å². The van der Waals surface area contributed by atoms with Crippen LogP contribution in [0.5, 0.6) is 0 Å². The second-order valence-electron chi connectivity index (χ2n) is 2.76. The fourth-order valence-corrected chi connectivity index (χ4v) is 1.12. The summed E-state index contributed by atoms with van der Waals surface area (Å²) in [5, 5.41) is 0. The van der Waals surface area contributed by atoms with E-state index in [2.05, 4.69) is 16.7 Å². The van der Waals surface area contributed by atoms with Crippen molar-refractivity contribution in [2.24, 2.45) is 0 Å². The predicted molar refractivity (Wildman–Crippen MR) is 48.2 cm³/mol. The van der Waals surface area contributed by atoms with Gasteiger partial charge < -0.3 is 14.5 Å². The average Bonchev–Trinajstić information content (AvgIpc) is 2.05. The maximum Gasteiger partial charge on any atom is 0.409 e. The van der Waals surface area contributed by atoms with Gasteiger partial charge in [0.25, 0.3) is 0 Å². The molecular weight excluding hydrogens is 156 g/mol. The smallest absolute Gasteiger partial charge is 0.409 e. The maximum absolute atomic E-state index is 11.0. The molecule has 1 amide bonds. The Kier molecular flexibility index (Phi) is 4.66. The van der Waals surface area contributed by atoms with Crippen molar-refractivity contribution in [3.63, 3.8) is 0 Å². The van der Waals surface area contributed by atoms with Crippen LogP contribution in [-0.4, -0.2) is 56.2 Å². The van der Waals surface area contributed by atoms with Crippen molar-refractivity contribution in [1.82, 2.24) is 9.80 Å². The normalized spacial score (nSPS) is 18.3. The third-order valence-electron chi connectivity index (χ3n) is 1.94. The van der Waals surface area contributed by atoms with E-state index < -0.39 is 0 Å². The number of rotatable bonds is 0. The highest BCUT2D eigenvalue weighted by Crippen LogP contribution is 2.00. The zero-order valence-corrected chi connectivity index (χ0v) is 7.04. The van der Waals surface area contributed by atoms with Crippen LogP contribution < -0.4 is 0 Å². The first-order chi connectivity index (χ1) is 5.24. The Morgan fingerprint density at radius 3 is 2.17 bits per heavy atom. The molecule has 0 aromatic heterocycles. The highest BCUT2D eigenvalue weighted by molar-refractivity contribution is 5.67. The molecule has 0 N–H and O–H groups in total. The van der Waals surface area contributed by atoms with Gasteiger partial charge in [0.1, 0.15) is 0 Å². The van der Waals surface area contributed by atoms with Gasteiger partial charge in [-0.15, -0.1) is 0 Å². The molecule has 72 valence electrons. The number of methoxy groups -OCH3 is 1. The van der Waals surface area contributed by atoms with Gasteiger partial charge in [0.15, 0.2) is 0 Å².